The molecule has 0 aliphatic carbocycles. The zero-order valence-electron chi connectivity index (χ0n) is 9.75. The molecular weight excluding hydrogens is 252 g/mol. The molecule has 1 aromatic heterocycles. The first-order valence-electron chi connectivity index (χ1n) is 5.29. The van der Waals surface area contributed by atoms with Crippen LogP contribution in [0.2, 0.25) is 0 Å². The van der Waals surface area contributed by atoms with Crippen molar-refractivity contribution in [1.82, 2.24) is 10.2 Å². The van der Waals surface area contributed by atoms with Crippen LogP contribution in [0.3, 0.4) is 0 Å². The molecular formula is C12H14N2OS2. The average Bonchev–Trinajstić information content (AvgIpc) is 2.74. The number of nitrogens with zero attached hydrogens (tertiary/aromatic N) is 2. The van der Waals surface area contributed by atoms with Gasteiger partial charge in [-0.2, -0.15) is 0 Å². The number of benzene rings is 1. The molecule has 2 rings (SSSR count). The number of aromatic nitrogens is 2. The summed E-state index contributed by atoms with van der Waals surface area (Å²) in [6, 6.07) is 9.69. The molecule has 0 spiro atoms. The molecule has 1 heterocycles. The Morgan fingerprint density at radius 2 is 2.00 bits per heavy atom. The SMILES string of the molecule is Cc1nnc(SCC(C)(O)c2ccccc2)s1. The molecule has 1 aromatic carbocycles. The number of rotatable bonds is 4. The summed E-state index contributed by atoms with van der Waals surface area (Å²) in [7, 11) is 0. The van der Waals surface area contributed by atoms with Gasteiger partial charge in [0.25, 0.3) is 0 Å². The van der Waals surface area contributed by atoms with Crippen LogP contribution in [0.4, 0.5) is 0 Å². The van der Waals surface area contributed by atoms with E-state index in [-0.39, 0.29) is 0 Å². The lowest BCUT2D eigenvalue weighted by atomic mass is 9.99. The minimum Gasteiger partial charge on any atom is -0.385 e. The van der Waals surface area contributed by atoms with Crippen LogP contribution in [0, 0.1) is 6.92 Å². The van der Waals surface area contributed by atoms with E-state index in [0.717, 1.165) is 14.9 Å². The number of hydrogen-bond donors (Lipinski definition) is 1. The van der Waals surface area contributed by atoms with Gasteiger partial charge in [-0.1, -0.05) is 53.4 Å². The molecule has 0 radical (unpaired) electrons. The average molecular weight is 266 g/mol. The van der Waals surface area contributed by atoms with Crippen molar-refractivity contribution >= 4 is 23.1 Å². The highest BCUT2D eigenvalue weighted by atomic mass is 32.2. The largest absolute Gasteiger partial charge is 0.385 e. The van der Waals surface area contributed by atoms with Crippen LogP contribution in [-0.2, 0) is 5.60 Å². The molecule has 5 heteroatoms. The van der Waals surface area contributed by atoms with Gasteiger partial charge in [-0.25, -0.2) is 0 Å². The van der Waals surface area contributed by atoms with Crippen LogP contribution in [0.25, 0.3) is 0 Å². The van der Waals surface area contributed by atoms with Crippen molar-refractivity contribution in [2.24, 2.45) is 0 Å². The fraction of sp³-hybridized carbons (Fsp3) is 0.333. The lowest BCUT2D eigenvalue weighted by Crippen LogP contribution is -2.24. The van der Waals surface area contributed by atoms with E-state index < -0.39 is 5.60 Å². The predicted octanol–water partition coefficient (Wildman–Crippen LogP) is 2.85. The third-order valence-electron chi connectivity index (χ3n) is 2.38. The van der Waals surface area contributed by atoms with Crippen molar-refractivity contribution in [1.29, 1.82) is 0 Å². The molecule has 1 atom stereocenters. The van der Waals surface area contributed by atoms with Gasteiger partial charge in [-0.15, -0.1) is 10.2 Å². The van der Waals surface area contributed by atoms with E-state index in [0.29, 0.717) is 5.75 Å². The van der Waals surface area contributed by atoms with Crippen LogP contribution in [-0.4, -0.2) is 21.1 Å². The van der Waals surface area contributed by atoms with E-state index in [4.69, 9.17) is 0 Å². The summed E-state index contributed by atoms with van der Waals surface area (Å²) in [6.45, 7) is 3.75. The summed E-state index contributed by atoms with van der Waals surface area (Å²) in [6.07, 6.45) is 0. The third kappa shape index (κ3) is 3.28. The maximum atomic E-state index is 10.4. The van der Waals surface area contributed by atoms with Crippen LogP contribution >= 0.6 is 23.1 Å². The molecule has 2 aromatic rings. The smallest absolute Gasteiger partial charge is 0.174 e. The lowest BCUT2D eigenvalue weighted by molar-refractivity contribution is 0.0839. The molecule has 17 heavy (non-hydrogen) atoms. The van der Waals surface area contributed by atoms with Crippen LogP contribution in [0.1, 0.15) is 17.5 Å². The second kappa shape index (κ2) is 5.16. The third-order valence-corrected chi connectivity index (χ3v) is 4.65. The normalized spacial score (nSPS) is 14.5. The zero-order valence-corrected chi connectivity index (χ0v) is 11.4. The van der Waals surface area contributed by atoms with Gasteiger partial charge in [0.2, 0.25) is 0 Å². The molecule has 0 bridgehead atoms. The van der Waals surface area contributed by atoms with Gasteiger partial charge in [0.05, 0.1) is 5.60 Å². The second-order valence-electron chi connectivity index (χ2n) is 4.02. The molecule has 0 saturated heterocycles. The quantitative estimate of drug-likeness (QED) is 0.864. The highest BCUT2D eigenvalue weighted by molar-refractivity contribution is 8.01. The van der Waals surface area contributed by atoms with Gasteiger partial charge in [-0.05, 0) is 19.4 Å². The molecule has 0 amide bonds. The van der Waals surface area contributed by atoms with Gasteiger partial charge in [-0.3, -0.25) is 0 Å². The topological polar surface area (TPSA) is 46.0 Å². The first-order chi connectivity index (χ1) is 8.08. The van der Waals surface area contributed by atoms with E-state index >= 15 is 0 Å². The molecule has 90 valence electrons. The van der Waals surface area contributed by atoms with E-state index in [1.807, 2.05) is 44.2 Å². The van der Waals surface area contributed by atoms with Gasteiger partial charge < -0.3 is 5.11 Å². The maximum Gasteiger partial charge on any atom is 0.174 e. The van der Waals surface area contributed by atoms with Gasteiger partial charge >= 0.3 is 0 Å². The fourth-order valence-corrected chi connectivity index (χ4v) is 3.28. The van der Waals surface area contributed by atoms with E-state index in [2.05, 4.69) is 10.2 Å². The van der Waals surface area contributed by atoms with E-state index in [1.54, 1.807) is 11.3 Å². The Labute approximate surface area is 109 Å². The van der Waals surface area contributed by atoms with Crippen LogP contribution in [0.15, 0.2) is 34.7 Å². The Morgan fingerprint density at radius 3 is 2.59 bits per heavy atom. The van der Waals surface area contributed by atoms with Crippen molar-refractivity contribution in [2.45, 2.75) is 23.8 Å². The fourth-order valence-electron chi connectivity index (χ4n) is 1.42. The summed E-state index contributed by atoms with van der Waals surface area (Å²) in [5, 5.41) is 19.3. The van der Waals surface area contributed by atoms with Crippen molar-refractivity contribution in [2.75, 3.05) is 5.75 Å². The zero-order chi connectivity index (χ0) is 12.3. The molecule has 3 nitrogen and oxygen atoms in total. The molecule has 0 aliphatic rings. The van der Waals surface area contributed by atoms with Crippen molar-refractivity contribution in [3.05, 3.63) is 40.9 Å². The van der Waals surface area contributed by atoms with E-state index in [9.17, 15) is 5.11 Å². The Morgan fingerprint density at radius 1 is 1.29 bits per heavy atom. The molecule has 1 unspecified atom stereocenters. The van der Waals surface area contributed by atoms with E-state index in [1.165, 1.54) is 11.8 Å². The second-order valence-corrected chi connectivity index (χ2v) is 6.42. The Bertz CT molecular complexity index is 482. The van der Waals surface area contributed by atoms with Crippen molar-refractivity contribution < 1.29 is 5.11 Å². The monoisotopic (exact) mass is 266 g/mol. The maximum absolute atomic E-state index is 10.4. The Balaban J connectivity index is 2.03. The molecule has 1 N–H and O–H groups in total. The van der Waals surface area contributed by atoms with Gasteiger partial charge in [0.15, 0.2) is 4.34 Å². The van der Waals surface area contributed by atoms with Crippen molar-refractivity contribution in [3.8, 4) is 0 Å². The summed E-state index contributed by atoms with van der Waals surface area (Å²) < 4.78 is 0.902. The summed E-state index contributed by atoms with van der Waals surface area (Å²) in [5.74, 6) is 0.575. The highest BCUT2D eigenvalue weighted by Gasteiger charge is 2.23. The molecule has 0 fully saturated rings. The minimum absolute atomic E-state index is 0.575. The first kappa shape index (κ1) is 12.5. The standard InChI is InChI=1S/C12H14N2OS2/c1-9-13-14-11(17-9)16-8-12(2,15)10-6-4-3-5-7-10/h3-7,15H,8H2,1-2H3. The Hall–Kier alpha value is -0.910. The molecule has 0 saturated carbocycles. The highest BCUT2D eigenvalue weighted by Crippen LogP contribution is 2.30. The van der Waals surface area contributed by atoms with Crippen LogP contribution < -0.4 is 0 Å². The lowest BCUT2D eigenvalue weighted by Gasteiger charge is -2.22. The van der Waals surface area contributed by atoms with Gasteiger partial charge in [0.1, 0.15) is 5.01 Å². The van der Waals surface area contributed by atoms with Crippen LogP contribution in [0.5, 0.6) is 0 Å². The summed E-state index contributed by atoms with van der Waals surface area (Å²) in [4.78, 5) is 0. The first-order valence-corrected chi connectivity index (χ1v) is 7.09. The Kier molecular flexibility index (Phi) is 3.81. The number of thioether (sulfide) groups is 1. The molecule has 0 aliphatic heterocycles. The minimum atomic E-state index is -0.842. The number of aryl methyl sites for hydroxylation is 1. The number of aliphatic hydroxyl groups is 1. The summed E-state index contributed by atoms with van der Waals surface area (Å²) in [5.41, 5.74) is 0.0830. The van der Waals surface area contributed by atoms with Gasteiger partial charge in [0, 0.05) is 5.75 Å². The summed E-state index contributed by atoms with van der Waals surface area (Å²) >= 11 is 3.09. The number of hydrogen-bond acceptors (Lipinski definition) is 5. The predicted molar refractivity (Wildman–Crippen MR) is 71.4 cm³/mol. The van der Waals surface area contributed by atoms with Crippen molar-refractivity contribution in [3.63, 3.8) is 0 Å².